The quantitative estimate of drug-likeness (QED) is 0.155. The number of fused-ring (bicyclic) bond motifs is 15. The molecule has 1 aliphatic heterocycles. The third kappa shape index (κ3) is 5.99. The van der Waals surface area contributed by atoms with Crippen LogP contribution in [-0.2, 0) is 5.41 Å². The van der Waals surface area contributed by atoms with E-state index >= 15 is 0 Å². The molecule has 0 saturated carbocycles. The summed E-state index contributed by atoms with van der Waals surface area (Å²) in [6.07, 6.45) is 0. The molecule has 3 heteroatoms. The molecular weight excluding hydrogens is 919 g/mol. The second kappa shape index (κ2) is 16.5. The molecular formula is C73H47N3. The van der Waals surface area contributed by atoms with Gasteiger partial charge in [0.1, 0.15) is 0 Å². The number of hydrogen-bond donors (Lipinski definition) is 0. The van der Waals surface area contributed by atoms with Crippen molar-refractivity contribution in [3.05, 3.63) is 307 Å². The summed E-state index contributed by atoms with van der Waals surface area (Å²) < 4.78 is 4.90. The van der Waals surface area contributed by atoms with Gasteiger partial charge in [-0.15, -0.1) is 0 Å². The first kappa shape index (κ1) is 42.5. The van der Waals surface area contributed by atoms with Gasteiger partial charge in [-0.05, 0) is 128 Å². The maximum Gasteiger partial charge on any atom is 0.0754 e. The van der Waals surface area contributed by atoms with Gasteiger partial charge in [-0.3, -0.25) is 0 Å². The highest BCUT2D eigenvalue weighted by molar-refractivity contribution is 6.13. The number of anilines is 3. The van der Waals surface area contributed by atoms with Crippen molar-refractivity contribution in [1.82, 2.24) is 9.13 Å². The first-order chi connectivity index (χ1) is 37.7. The maximum absolute atomic E-state index is 2.52. The van der Waals surface area contributed by atoms with Gasteiger partial charge in [-0.1, -0.05) is 218 Å². The lowest BCUT2D eigenvalue weighted by Crippen LogP contribution is -2.33. The topological polar surface area (TPSA) is 13.1 Å². The van der Waals surface area contributed by atoms with Crippen LogP contribution in [0.2, 0.25) is 0 Å². The summed E-state index contributed by atoms with van der Waals surface area (Å²) in [5, 5.41) is 5.09. The van der Waals surface area contributed by atoms with E-state index in [9.17, 15) is 0 Å². The van der Waals surface area contributed by atoms with Gasteiger partial charge >= 0.3 is 0 Å². The summed E-state index contributed by atoms with van der Waals surface area (Å²) in [5.74, 6) is 0. The lowest BCUT2D eigenvalue weighted by atomic mass is 9.65. The van der Waals surface area contributed by atoms with E-state index in [1.807, 2.05) is 0 Å². The Morgan fingerprint density at radius 1 is 0.276 bits per heavy atom. The molecule has 354 valence electrons. The zero-order chi connectivity index (χ0) is 49.9. The Morgan fingerprint density at radius 2 is 0.776 bits per heavy atom. The summed E-state index contributed by atoms with van der Waals surface area (Å²) in [7, 11) is 0. The van der Waals surface area contributed by atoms with Gasteiger partial charge in [0.2, 0.25) is 0 Å². The number of nitrogens with zero attached hydrogens (tertiary/aromatic N) is 3. The fraction of sp³-hybridized carbons (Fsp3) is 0.0137. The molecule has 0 fully saturated rings. The van der Waals surface area contributed by atoms with Crippen molar-refractivity contribution in [3.8, 4) is 55.9 Å². The molecule has 3 nitrogen and oxygen atoms in total. The Morgan fingerprint density at radius 3 is 1.50 bits per heavy atom. The average molecular weight is 966 g/mol. The van der Waals surface area contributed by atoms with Crippen molar-refractivity contribution in [2.75, 3.05) is 4.90 Å². The molecule has 16 rings (SSSR count). The number of para-hydroxylation sites is 6. The Bertz CT molecular complexity index is 4580. The molecule has 0 N–H and O–H groups in total. The van der Waals surface area contributed by atoms with E-state index in [4.69, 9.17) is 0 Å². The van der Waals surface area contributed by atoms with E-state index in [1.165, 1.54) is 105 Å². The molecule has 0 saturated heterocycles. The van der Waals surface area contributed by atoms with E-state index in [2.05, 4.69) is 299 Å². The van der Waals surface area contributed by atoms with Gasteiger partial charge in [0.25, 0.3) is 0 Å². The highest BCUT2D eigenvalue weighted by Crippen LogP contribution is 2.62. The largest absolute Gasteiger partial charge is 0.310 e. The van der Waals surface area contributed by atoms with E-state index in [-0.39, 0.29) is 0 Å². The summed E-state index contributed by atoms with van der Waals surface area (Å²) in [4.78, 5) is 2.48. The lowest BCUT2D eigenvalue weighted by molar-refractivity contribution is 0.748. The second-order valence-corrected chi connectivity index (χ2v) is 20.3. The van der Waals surface area contributed by atoms with Crippen molar-refractivity contribution >= 4 is 60.7 Å². The minimum Gasteiger partial charge on any atom is -0.310 e. The predicted molar refractivity (Wildman–Crippen MR) is 317 cm³/mol. The zero-order valence-electron chi connectivity index (χ0n) is 41.5. The highest BCUT2D eigenvalue weighted by Gasteiger charge is 2.51. The number of rotatable bonds is 7. The van der Waals surface area contributed by atoms with Gasteiger partial charge in [0.15, 0.2) is 0 Å². The SMILES string of the molecule is c1ccc(-c2ccccc2-c2ccccc2N(c2ccc(-c3ccc(-n4c5ccccc5c5ccccc54)cc3)cc2)c2ccc3c(c2)-c2ccccc2C32c3ccccc3-n3c4ccccc4c4cccc2c43)cc1. The molecule has 14 aromatic rings. The second-order valence-electron chi connectivity index (χ2n) is 20.3. The van der Waals surface area contributed by atoms with Crippen molar-refractivity contribution < 1.29 is 0 Å². The van der Waals surface area contributed by atoms with Crippen LogP contribution in [0.4, 0.5) is 17.1 Å². The average Bonchev–Trinajstić information content (AvgIpc) is 4.20. The van der Waals surface area contributed by atoms with Gasteiger partial charge in [0, 0.05) is 44.2 Å². The van der Waals surface area contributed by atoms with Crippen LogP contribution in [0.1, 0.15) is 22.3 Å². The van der Waals surface area contributed by atoms with Crippen LogP contribution in [0.15, 0.2) is 285 Å². The van der Waals surface area contributed by atoms with E-state index < -0.39 is 5.41 Å². The maximum atomic E-state index is 2.52. The Kier molecular flexibility index (Phi) is 9.25. The van der Waals surface area contributed by atoms with Crippen LogP contribution in [-0.4, -0.2) is 9.13 Å². The highest BCUT2D eigenvalue weighted by atomic mass is 15.1. The summed E-state index contributed by atoms with van der Waals surface area (Å²) in [5.41, 5.74) is 24.8. The van der Waals surface area contributed by atoms with Crippen LogP contribution < -0.4 is 4.90 Å². The Hall–Kier alpha value is -9.96. The van der Waals surface area contributed by atoms with E-state index in [0.29, 0.717) is 0 Å². The number of hydrogen-bond acceptors (Lipinski definition) is 1. The van der Waals surface area contributed by atoms with Crippen molar-refractivity contribution in [2.45, 2.75) is 5.41 Å². The van der Waals surface area contributed by atoms with Crippen molar-refractivity contribution in [2.24, 2.45) is 0 Å². The molecule has 2 aliphatic rings. The molecule has 12 aromatic carbocycles. The van der Waals surface area contributed by atoms with Crippen molar-refractivity contribution in [1.29, 1.82) is 0 Å². The molecule has 0 bridgehead atoms. The molecule has 0 amide bonds. The third-order valence-corrected chi connectivity index (χ3v) is 16.5. The predicted octanol–water partition coefficient (Wildman–Crippen LogP) is 19.0. The van der Waals surface area contributed by atoms with Crippen LogP contribution >= 0.6 is 0 Å². The first-order valence-electron chi connectivity index (χ1n) is 26.3. The van der Waals surface area contributed by atoms with Crippen LogP contribution in [0.5, 0.6) is 0 Å². The molecule has 1 aliphatic carbocycles. The normalized spacial score (nSPS) is 14.1. The fourth-order valence-electron chi connectivity index (χ4n) is 13.4. The molecule has 0 radical (unpaired) electrons. The van der Waals surface area contributed by atoms with Crippen LogP contribution in [0, 0.1) is 0 Å². The molecule has 3 heterocycles. The Labute approximate surface area is 441 Å². The van der Waals surface area contributed by atoms with E-state index in [1.54, 1.807) is 0 Å². The molecule has 2 aromatic heterocycles. The lowest BCUT2D eigenvalue weighted by Gasteiger charge is -2.39. The van der Waals surface area contributed by atoms with Gasteiger partial charge in [0.05, 0.1) is 38.9 Å². The first-order valence-corrected chi connectivity index (χ1v) is 26.3. The van der Waals surface area contributed by atoms with Gasteiger partial charge < -0.3 is 14.0 Å². The smallest absolute Gasteiger partial charge is 0.0754 e. The van der Waals surface area contributed by atoms with Crippen molar-refractivity contribution in [3.63, 3.8) is 0 Å². The molecule has 1 unspecified atom stereocenters. The fourth-order valence-corrected chi connectivity index (χ4v) is 13.4. The monoisotopic (exact) mass is 965 g/mol. The minimum atomic E-state index is -0.541. The Balaban J connectivity index is 0.880. The third-order valence-electron chi connectivity index (χ3n) is 16.5. The summed E-state index contributed by atoms with van der Waals surface area (Å²) in [6.45, 7) is 0. The molecule has 1 spiro atoms. The number of aromatic nitrogens is 2. The summed E-state index contributed by atoms with van der Waals surface area (Å²) in [6, 6.07) is 106. The molecule has 1 atom stereocenters. The zero-order valence-corrected chi connectivity index (χ0v) is 41.5. The van der Waals surface area contributed by atoms with Gasteiger partial charge in [-0.25, -0.2) is 0 Å². The van der Waals surface area contributed by atoms with E-state index in [0.717, 1.165) is 33.9 Å². The van der Waals surface area contributed by atoms with Crippen LogP contribution in [0.25, 0.3) is 99.5 Å². The number of benzene rings is 12. The van der Waals surface area contributed by atoms with Crippen LogP contribution in [0.3, 0.4) is 0 Å². The standard InChI is InChI=1S/C73H47N3/c1-2-19-50(20-3-1)54-21-4-5-22-55(54)57-24-7-13-32-67(57)74(51-41-37-48(38-42-51)49-39-43-52(44-40-49)75-68-33-14-8-25-58(68)59-26-9-15-34-69(59)75)53-45-46-64-62(47-53)56-23-6-11-29-63(56)73(64)65-30-12-17-36-71(65)76-70-35-16-10-27-60(70)61-28-18-31-66(73)72(61)76/h1-47H. The molecule has 76 heavy (non-hydrogen) atoms. The minimum absolute atomic E-state index is 0.541. The summed E-state index contributed by atoms with van der Waals surface area (Å²) >= 11 is 0. The van der Waals surface area contributed by atoms with Gasteiger partial charge in [-0.2, -0.15) is 0 Å².